The molecule has 2 rings (SSSR count). The molecule has 0 aromatic heterocycles. The van der Waals surface area contributed by atoms with Crippen molar-refractivity contribution in [2.45, 2.75) is 12.8 Å². The van der Waals surface area contributed by atoms with Crippen molar-refractivity contribution in [2.24, 2.45) is 11.8 Å². The number of carbonyl (C=O) groups is 2. The minimum Gasteiger partial charge on any atom is -0.497 e. The molecule has 0 aliphatic heterocycles. The van der Waals surface area contributed by atoms with Crippen molar-refractivity contribution in [1.82, 2.24) is 5.32 Å². The molecule has 21 heavy (non-hydrogen) atoms. The zero-order valence-electron chi connectivity index (χ0n) is 12.1. The van der Waals surface area contributed by atoms with Gasteiger partial charge in [-0.25, -0.2) is 0 Å². The van der Waals surface area contributed by atoms with Crippen LogP contribution in [0.4, 0.5) is 0 Å². The molecule has 0 radical (unpaired) electrons. The number of carboxylic acid groups (broad SMARTS) is 1. The number of hydrogen-bond donors (Lipinski definition) is 2. The lowest BCUT2D eigenvalue weighted by Crippen LogP contribution is -2.28. The summed E-state index contributed by atoms with van der Waals surface area (Å²) in [4.78, 5) is 22.4. The van der Waals surface area contributed by atoms with E-state index in [-0.39, 0.29) is 11.8 Å². The maximum absolute atomic E-state index is 11.7. The molecule has 1 aromatic rings. The highest BCUT2D eigenvalue weighted by Crippen LogP contribution is 2.38. The van der Waals surface area contributed by atoms with E-state index in [4.69, 9.17) is 14.6 Å². The second-order valence-electron chi connectivity index (χ2n) is 5.01. The summed E-state index contributed by atoms with van der Waals surface area (Å²) in [6, 6.07) is 5.51. The average molecular weight is 293 g/mol. The Morgan fingerprint density at radius 1 is 1.29 bits per heavy atom. The van der Waals surface area contributed by atoms with E-state index in [1.165, 1.54) is 0 Å². The van der Waals surface area contributed by atoms with Crippen molar-refractivity contribution in [3.05, 3.63) is 23.8 Å². The first-order chi connectivity index (χ1) is 10.1. The summed E-state index contributed by atoms with van der Waals surface area (Å²) >= 11 is 0. The molecule has 0 spiro atoms. The number of ether oxygens (including phenoxy) is 2. The molecule has 6 heteroatoms. The third-order valence-corrected chi connectivity index (χ3v) is 3.63. The van der Waals surface area contributed by atoms with E-state index >= 15 is 0 Å². The molecule has 1 saturated carbocycles. The Bertz CT molecular complexity index is 543. The lowest BCUT2D eigenvalue weighted by atomic mass is 10.1. The van der Waals surface area contributed by atoms with E-state index in [0.29, 0.717) is 30.9 Å². The topological polar surface area (TPSA) is 84.9 Å². The van der Waals surface area contributed by atoms with Crippen molar-refractivity contribution in [3.63, 3.8) is 0 Å². The van der Waals surface area contributed by atoms with Gasteiger partial charge in [-0.05, 0) is 24.5 Å². The van der Waals surface area contributed by atoms with Crippen LogP contribution < -0.4 is 14.8 Å². The van der Waals surface area contributed by atoms with Gasteiger partial charge in [-0.15, -0.1) is 0 Å². The quantitative estimate of drug-likeness (QED) is 0.786. The molecule has 1 aliphatic rings. The van der Waals surface area contributed by atoms with Gasteiger partial charge in [0, 0.05) is 12.6 Å². The number of aliphatic carboxylic acids is 1. The van der Waals surface area contributed by atoms with Crippen LogP contribution in [0.1, 0.15) is 12.0 Å². The highest BCUT2D eigenvalue weighted by Gasteiger charge is 2.48. The summed E-state index contributed by atoms with van der Waals surface area (Å²) in [5.74, 6) is -0.553. The van der Waals surface area contributed by atoms with E-state index in [1.807, 2.05) is 12.1 Å². The molecular formula is C15H19NO5. The fraction of sp³-hybridized carbons (Fsp3) is 0.467. The molecule has 2 unspecified atom stereocenters. The van der Waals surface area contributed by atoms with Crippen LogP contribution in [-0.4, -0.2) is 37.7 Å². The summed E-state index contributed by atoms with van der Waals surface area (Å²) in [6.07, 6.45) is 1.05. The van der Waals surface area contributed by atoms with E-state index < -0.39 is 11.9 Å². The smallest absolute Gasteiger partial charge is 0.307 e. The van der Waals surface area contributed by atoms with Gasteiger partial charge in [0.15, 0.2) is 0 Å². The van der Waals surface area contributed by atoms with Crippen molar-refractivity contribution in [3.8, 4) is 11.5 Å². The SMILES string of the molecule is COc1ccc(CCNC(=O)C2CC2C(=O)O)c(OC)c1. The first-order valence-electron chi connectivity index (χ1n) is 6.78. The molecule has 1 aromatic carbocycles. The summed E-state index contributed by atoms with van der Waals surface area (Å²) < 4.78 is 10.4. The molecular weight excluding hydrogens is 274 g/mol. The highest BCUT2D eigenvalue weighted by atomic mass is 16.5. The number of rotatable bonds is 7. The van der Waals surface area contributed by atoms with Crippen LogP contribution in [0.3, 0.4) is 0 Å². The molecule has 114 valence electrons. The third kappa shape index (κ3) is 3.65. The number of carbonyl (C=O) groups excluding carboxylic acids is 1. The van der Waals surface area contributed by atoms with Crippen molar-refractivity contribution in [2.75, 3.05) is 20.8 Å². The number of carboxylic acids is 1. The average Bonchev–Trinajstić information content (AvgIpc) is 3.28. The van der Waals surface area contributed by atoms with Crippen LogP contribution in [-0.2, 0) is 16.0 Å². The second-order valence-corrected chi connectivity index (χ2v) is 5.01. The largest absolute Gasteiger partial charge is 0.497 e. The van der Waals surface area contributed by atoms with Gasteiger partial charge in [0.05, 0.1) is 26.1 Å². The van der Waals surface area contributed by atoms with Crippen LogP contribution in [0, 0.1) is 11.8 Å². The van der Waals surface area contributed by atoms with E-state index in [9.17, 15) is 9.59 Å². The maximum atomic E-state index is 11.7. The fourth-order valence-corrected chi connectivity index (χ4v) is 2.27. The molecule has 2 atom stereocenters. The number of methoxy groups -OCH3 is 2. The van der Waals surface area contributed by atoms with Gasteiger partial charge in [0.2, 0.25) is 5.91 Å². The first kappa shape index (κ1) is 15.2. The lowest BCUT2D eigenvalue weighted by molar-refractivity contribution is -0.140. The molecule has 0 heterocycles. The van der Waals surface area contributed by atoms with Gasteiger partial charge in [-0.2, -0.15) is 0 Å². The predicted octanol–water partition coefficient (Wildman–Crippen LogP) is 1.08. The monoisotopic (exact) mass is 293 g/mol. The summed E-state index contributed by atoms with van der Waals surface area (Å²) in [5.41, 5.74) is 0.962. The third-order valence-electron chi connectivity index (χ3n) is 3.63. The van der Waals surface area contributed by atoms with Gasteiger partial charge in [0.1, 0.15) is 11.5 Å². The van der Waals surface area contributed by atoms with Gasteiger partial charge in [-0.3, -0.25) is 9.59 Å². The summed E-state index contributed by atoms with van der Waals surface area (Å²) in [5, 5.41) is 11.6. The summed E-state index contributed by atoms with van der Waals surface area (Å²) in [6.45, 7) is 0.449. The van der Waals surface area contributed by atoms with Crippen LogP contribution in [0.5, 0.6) is 11.5 Å². The molecule has 0 saturated heterocycles. The fourth-order valence-electron chi connectivity index (χ4n) is 2.27. The zero-order chi connectivity index (χ0) is 15.4. The Morgan fingerprint density at radius 3 is 2.62 bits per heavy atom. The Balaban J connectivity index is 1.84. The first-order valence-corrected chi connectivity index (χ1v) is 6.78. The van der Waals surface area contributed by atoms with E-state index in [0.717, 1.165) is 5.56 Å². The van der Waals surface area contributed by atoms with Crippen molar-refractivity contribution < 1.29 is 24.2 Å². The molecule has 1 amide bonds. The van der Waals surface area contributed by atoms with Gasteiger partial charge < -0.3 is 19.9 Å². The van der Waals surface area contributed by atoms with E-state index in [1.54, 1.807) is 20.3 Å². The van der Waals surface area contributed by atoms with Crippen molar-refractivity contribution in [1.29, 1.82) is 0 Å². The van der Waals surface area contributed by atoms with Gasteiger partial charge in [0.25, 0.3) is 0 Å². The van der Waals surface area contributed by atoms with Gasteiger partial charge >= 0.3 is 5.97 Å². The van der Waals surface area contributed by atoms with Crippen LogP contribution in [0.2, 0.25) is 0 Å². The standard InChI is InChI=1S/C15H19NO5/c1-20-10-4-3-9(13(7-10)21-2)5-6-16-14(17)11-8-12(11)15(18)19/h3-4,7,11-12H,5-6,8H2,1-2H3,(H,16,17)(H,18,19). The molecule has 1 aliphatic carbocycles. The number of benzene rings is 1. The predicted molar refractivity (Wildman–Crippen MR) is 75.5 cm³/mol. The van der Waals surface area contributed by atoms with Crippen LogP contribution >= 0.6 is 0 Å². The molecule has 0 bridgehead atoms. The highest BCUT2D eigenvalue weighted by molar-refractivity contribution is 5.89. The normalized spacial score (nSPS) is 19.7. The van der Waals surface area contributed by atoms with Crippen molar-refractivity contribution >= 4 is 11.9 Å². The minimum absolute atomic E-state index is 0.185. The minimum atomic E-state index is -0.896. The maximum Gasteiger partial charge on any atom is 0.307 e. The Hall–Kier alpha value is -2.24. The molecule has 1 fully saturated rings. The zero-order valence-corrected chi connectivity index (χ0v) is 12.1. The Labute approximate surface area is 123 Å². The van der Waals surface area contributed by atoms with Crippen LogP contribution in [0.15, 0.2) is 18.2 Å². The Morgan fingerprint density at radius 2 is 2.05 bits per heavy atom. The molecule has 2 N–H and O–H groups in total. The molecule has 6 nitrogen and oxygen atoms in total. The second kappa shape index (κ2) is 6.47. The van der Waals surface area contributed by atoms with Crippen LogP contribution in [0.25, 0.3) is 0 Å². The van der Waals surface area contributed by atoms with Gasteiger partial charge in [-0.1, -0.05) is 6.07 Å². The lowest BCUT2D eigenvalue weighted by Gasteiger charge is -2.11. The number of nitrogens with one attached hydrogen (secondary N) is 1. The Kier molecular flexibility index (Phi) is 4.67. The number of amides is 1. The summed E-state index contributed by atoms with van der Waals surface area (Å²) in [7, 11) is 3.17. The van der Waals surface area contributed by atoms with E-state index in [2.05, 4.69) is 5.32 Å². The number of hydrogen-bond acceptors (Lipinski definition) is 4.